The molecule has 12 heteroatoms. The first kappa shape index (κ1) is 22.2. The molecule has 156 valence electrons. The van der Waals surface area contributed by atoms with Gasteiger partial charge in [0.15, 0.2) is 0 Å². The number of nitro benzene ring substituents is 1. The minimum absolute atomic E-state index is 0.105. The number of non-ortho nitro benzene ring substituents is 1. The van der Waals surface area contributed by atoms with Crippen LogP contribution in [-0.2, 0) is 11.0 Å². The summed E-state index contributed by atoms with van der Waals surface area (Å²) in [5.41, 5.74) is -0.793. The van der Waals surface area contributed by atoms with Crippen LogP contribution in [-0.4, -0.2) is 35.6 Å². The number of nitro groups is 1. The highest BCUT2D eigenvalue weighted by Crippen LogP contribution is 2.36. The molecule has 8 nitrogen and oxygen atoms in total. The number of anilines is 3. The zero-order chi connectivity index (χ0) is 21.6. The van der Waals surface area contributed by atoms with Gasteiger partial charge in [-0.25, -0.2) is 0 Å². The number of benzene rings is 2. The van der Waals surface area contributed by atoms with Crippen molar-refractivity contribution >= 4 is 40.3 Å². The minimum Gasteiger partial charge on any atom is -0.395 e. The number of nitrogens with one attached hydrogen (secondary N) is 3. The molecule has 0 spiro atoms. The van der Waals surface area contributed by atoms with Crippen molar-refractivity contribution < 1.29 is 28.0 Å². The monoisotopic (exact) mass is 432 g/mol. The maximum atomic E-state index is 12.9. The number of carbonyl (C=O) groups is 1. The molecule has 0 saturated carbocycles. The lowest BCUT2D eigenvalue weighted by Crippen LogP contribution is -2.22. The zero-order valence-corrected chi connectivity index (χ0v) is 15.5. The molecule has 0 heterocycles. The molecule has 1 amide bonds. The Bertz CT molecular complexity index is 909. The van der Waals surface area contributed by atoms with E-state index < -0.39 is 27.6 Å². The van der Waals surface area contributed by atoms with E-state index in [4.69, 9.17) is 16.7 Å². The van der Waals surface area contributed by atoms with Crippen molar-refractivity contribution in [3.8, 4) is 0 Å². The topological polar surface area (TPSA) is 117 Å². The van der Waals surface area contributed by atoms with E-state index in [2.05, 4.69) is 16.0 Å². The summed E-state index contributed by atoms with van der Waals surface area (Å²) in [5, 5.41) is 27.1. The van der Waals surface area contributed by atoms with Crippen LogP contribution in [0.25, 0.3) is 0 Å². The molecular formula is C17H16ClF3N4O4. The van der Waals surface area contributed by atoms with E-state index in [1.165, 1.54) is 24.3 Å². The number of aliphatic hydroxyl groups excluding tert-OH is 1. The SMILES string of the molecule is O=C(CNc1cc([N+](=O)[O-])ccc1NCCO)Nc1ccc(Cl)c(C(F)(F)F)c1. The molecule has 0 aliphatic rings. The summed E-state index contributed by atoms with van der Waals surface area (Å²) in [6, 6.07) is 6.79. The van der Waals surface area contributed by atoms with Crippen molar-refractivity contribution in [2.24, 2.45) is 0 Å². The Kier molecular flexibility index (Phi) is 7.23. The summed E-state index contributed by atoms with van der Waals surface area (Å²) in [6.07, 6.45) is -4.67. The van der Waals surface area contributed by atoms with Gasteiger partial charge in [-0.3, -0.25) is 14.9 Å². The first-order chi connectivity index (χ1) is 13.6. The van der Waals surface area contributed by atoms with Crippen LogP contribution in [0.3, 0.4) is 0 Å². The molecule has 0 atom stereocenters. The highest BCUT2D eigenvalue weighted by molar-refractivity contribution is 6.31. The van der Waals surface area contributed by atoms with Crippen molar-refractivity contribution in [3.63, 3.8) is 0 Å². The maximum absolute atomic E-state index is 12.9. The summed E-state index contributed by atoms with van der Waals surface area (Å²) < 4.78 is 38.7. The number of carbonyl (C=O) groups excluding carboxylic acids is 1. The molecule has 0 radical (unpaired) electrons. The molecule has 2 rings (SSSR count). The van der Waals surface area contributed by atoms with Crippen LogP contribution in [0.1, 0.15) is 5.56 Å². The van der Waals surface area contributed by atoms with Gasteiger partial charge in [-0.15, -0.1) is 0 Å². The summed E-state index contributed by atoms with van der Waals surface area (Å²) in [7, 11) is 0. The molecule has 0 fully saturated rings. The van der Waals surface area contributed by atoms with Gasteiger partial charge in [0.25, 0.3) is 5.69 Å². The Morgan fingerprint density at radius 3 is 2.48 bits per heavy atom. The number of alkyl halides is 3. The van der Waals surface area contributed by atoms with E-state index >= 15 is 0 Å². The molecule has 0 saturated heterocycles. The van der Waals surface area contributed by atoms with Crippen molar-refractivity contribution in [3.05, 3.63) is 57.1 Å². The number of rotatable bonds is 8. The Morgan fingerprint density at radius 1 is 1.14 bits per heavy atom. The van der Waals surface area contributed by atoms with Crippen LogP contribution < -0.4 is 16.0 Å². The van der Waals surface area contributed by atoms with Gasteiger partial charge in [0.1, 0.15) is 0 Å². The van der Waals surface area contributed by atoms with Crippen molar-refractivity contribution in [1.82, 2.24) is 0 Å². The molecule has 0 aromatic heterocycles. The Morgan fingerprint density at radius 2 is 1.86 bits per heavy atom. The fourth-order valence-corrected chi connectivity index (χ4v) is 2.56. The molecule has 4 N–H and O–H groups in total. The molecule has 0 bridgehead atoms. The average Bonchev–Trinajstić information content (AvgIpc) is 2.65. The van der Waals surface area contributed by atoms with Crippen LogP contribution in [0.4, 0.5) is 35.9 Å². The molecular weight excluding hydrogens is 417 g/mol. The quantitative estimate of drug-likeness (QED) is 0.373. The van der Waals surface area contributed by atoms with E-state index in [1.807, 2.05) is 0 Å². The fraction of sp³-hybridized carbons (Fsp3) is 0.235. The molecule has 29 heavy (non-hydrogen) atoms. The van der Waals surface area contributed by atoms with Gasteiger partial charge in [0.2, 0.25) is 5.91 Å². The number of hydrogen-bond acceptors (Lipinski definition) is 6. The second kappa shape index (κ2) is 9.43. The van der Waals surface area contributed by atoms with Gasteiger partial charge < -0.3 is 21.1 Å². The maximum Gasteiger partial charge on any atom is 0.417 e. The average molecular weight is 433 g/mol. The van der Waals surface area contributed by atoms with Crippen LogP contribution in [0.2, 0.25) is 5.02 Å². The summed E-state index contributed by atoms with van der Waals surface area (Å²) in [5.74, 6) is -0.680. The summed E-state index contributed by atoms with van der Waals surface area (Å²) in [6.45, 7) is -0.391. The first-order valence-electron chi connectivity index (χ1n) is 8.15. The number of aliphatic hydroxyl groups is 1. The van der Waals surface area contributed by atoms with Gasteiger partial charge in [0.05, 0.1) is 40.0 Å². The first-order valence-corrected chi connectivity index (χ1v) is 8.53. The number of amides is 1. The Balaban J connectivity index is 2.10. The van der Waals surface area contributed by atoms with Gasteiger partial charge in [-0.1, -0.05) is 11.6 Å². The van der Waals surface area contributed by atoms with Crippen molar-refractivity contribution in [1.29, 1.82) is 0 Å². The summed E-state index contributed by atoms with van der Waals surface area (Å²) in [4.78, 5) is 22.4. The number of nitrogens with zero attached hydrogens (tertiary/aromatic N) is 1. The van der Waals surface area contributed by atoms with Gasteiger partial charge >= 0.3 is 6.18 Å². The van der Waals surface area contributed by atoms with Crippen molar-refractivity contribution in [2.45, 2.75) is 6.18 Å². The van der Waals surface area contributed by atoms with E-state index in [9.17, 15) is 28.1 Å². The third-order valence-electron chi connectivity index (χ3n) is 3.64. The predicted molar refractivity (Wildman–Crippen MR) is 102 cm³/mol. The van der Waals surface area contributed by atoms with Gasteiger partial charge in [-0.05, 0) is 24.3 Å². The molecule has 0 aliphatic heterocycles. The highest BCUT2D eigenvalue weighted by atomic mass is 35.5. The normalized spacial score (nSPS) is 11.1. The molecule has 0 unspecified atom stereocenters. The standard InChI is InChI=1S/C17H16ClF3N4O4/c18-13-3-1-10(7-12(13)17(19,20)21)24-16(27)9-23-15-8-11(25(28)29)2-4-14(15)22-5-6-26/h1-4,7-8,22-23,26H,5-6,9H2,(H,24,27). The third kappa shape index (κ3) is 6.22. The Hall–Kier alpha value is -3.05. The van der Waals surface area contributed by atoms with E-state index in [0.717, 1.165) is 6.07 Å². The second-order valence-corrected chi connectivity index (χ2v) is 6.14. The number of halogens is 4. The lowest BCUT2D eigenvalue weighted by atomic mass is 10.2. The third-order valence-corrected chi connectivity index (χ3v) is 3.97. The van der Waals surface area contributed by atoms with Crippen LogP contribution in [0.5, 0.6) is 0 Å². The van der Waals surface area contributed by atoms with Crippen LogP contribution in [0, 0.1) is 10.1 Å². The largest absolute Gasteiger partial charge is 0.417 e. The fourth-order valence-electron chi connectivity index (χ4n) is 2.34. The van der Waals surface area contributed by atoms with E-state index in [0.29, 0.717) is 11.8 Å². The molecule has 2 aromatic carbocycles. The van der Waals surface area contributed by atoms with Crippen LogP contribution in [0.15, 0.2) is 36.4 Å². The number of hydrogen-bond donors (Lipinski definition) is 4. The highest BCUT2D eigenvalue weighted by Gasteiger charge is 2.33. The van der Waals surface area contributed by atoms with Gasteiger partial charge in [0, 0.05) is 24.4 Å². The lowest BCUT2D eigenvalue weighted by molar-refractivity contribution is -0.384. The predicted octanol–water partition coefficient (Wildman–Crippen LogP) is 3.72. The zero-order valence-electron chi connectivity index (χ0n) is 14.7. The summed E-state index contributed by atoms with van der Waals surface area (Å²) >= 11 is 5.53. The minimum atomic E-state index is -4.67. The lowest BCUT2D eigenvalue weighted by Gasteiger charge is -2.14. The smallest absolute Gasteiger partial charge is 0.395 e. The van der Waals surface area contributed by atoms with E-state index in [1.54, 1.807) is 0 Å². The van der Waals surface area contributed by atoms with Crippen LogP contribution >= 0.6 is 11.6 Å². The second-order valence-electron chi connectivity index (χ2n) is 5.73. The molecule has 2 aromatic rings. The van der Waals surface area contributed by atoms with E-state index in [-0.39, 0.29) is 36.8 Å². The molecule has 0 aliphatic carbocycles. The Labute approximate surface area is 167 Å². The van der Waals surface area contributed by atoms with Crippen molar-refractivity contribution in [2.75, 3.05) is 35.6 Å². The van der Waals surface area contributed by atoms with Gasteiger partial charge in [-0.2, -0.15) is 13.2 Å².